The smallest absolute Gasteiger partial charge is 0.319 e. The Hall–Kier alpha value is -2.38. The van der Waals surface area contributed by atoms with Crippen LogP contribution in [0.15, 0.2) is 43.0 Å². The second-order valence-corrected chi connectivity index (χ2v) is 3.86. The van der Waals surface area contributed by atoms with E-state index in [-0.39, 0.29) is 5.69 Å². The third-order valence-corrected chi connectivity index (χ3v) is 2.51. The molecule has 0 unspecified atom stereocenters. The number of hydrogen-bond donors (Lipinski definition) is 1. The number of halogens is 4. The van der Waals surface area contributed by atoms with Crippen LogP contribution in [0.4, 0.5) is 23.2 Å². The molecule has 0 aliphatic rings. The zero-order chi connectivity index (χ0) is 14.8. The molecule has 1 amide bonds. The van der Waals surface area contributed by atoms with E-state index in [1.807, 2.05) is 0 Å². The van der Waals surface area contributed by atoms with Crippen molar-refractivity contribution in [2.75, 3.05) is 5.32 Å². The van der Waals surface area contributed by atoms with Crippen molar-refractivity contribution in [2.45, 2.75) is 12.3 Å². The number of rotatable bonds is 4. The Bertz CT molecular complexity index is 599. The lowest BCUT2D eigenvalue weighted by Gasteiger charge is -2.16. The van der Waals surface area contributed by atoms with E-state index in [0.29, 0.717) is 5.69 Å². The number of anilines is 1. The summed E-state index contributed by atoms with van der Waals surface area (Å²) in [5, 5.41) is 1.80. The maximum absolute atomic E-state index is 12.9. The Morgan fingerprint density at radius 3 is 2.60 bits per heavy atom. The van der Waals surface area contributed by atoms with E-state index in [2.05, 4.69) is 4.98 Å². The summed E-state index contributed by atoms with van der Waals surface area (Å²) < 4.78 is 51.5. The predicted octanol–water partition coefficient (Wildman–Crippen LogP) is 2.71. The van der Waals surface area contributed by atoms with Crippen molar-refractivity contribution >= 4 is 11.6 Å². The fraction of sp³-hybridized carbons (Fsp3) is 0.167. The zero-order valence-electron chi connectivity index (χ0n) is 9.93. The first-order chi connectivity index (χ1) is 9.43. The summed E-state index contributed by atoms with van der Waals surface area (Å²) in [5.74, 6) is -6.80. The summed E-state index contributed by atoms with van der Waals surface area (Å²) in [5.41, 5.74) is 0.319. The fourth-order valence-electron chi connectivity index (χ4n) is 1.51. The lowest BCUT2D eigenvalue weighted by atomic mass is 10.2. The van der Waals surface area contributed by atoms with Crippen molar-refractivity contribution in [3.63, 3.8) is 0 Å². The molecule has 1 heterocycles. The standard InChI is InChI=1S/C12H9F4N3O/c13-10(14)12(15,16)11(20)18-8-3-1-2-4-9(8)19-6-5-17-7-19/h1-7,10H,(H,18,20). The number of nitrogens with zero attached hydrogens (tertiary/aromatic N) is 2. The summed E-state index contributed by atoms with van der Waals surface area (Å²) in [6, 6.07) is 5.94. The van der Waals surface area contributed by atoms with Crippen molar-refractivity contribution in [3.05, 3.63) is 43.0 Å². The average molecular weight is 287 g/mol. The van der Waals surface area contributed by atoms with Crippen LogP contribution < -0.4 is 5.32 Å². The molecule has 0 spiro atoms. The topological polar surface area (TPSA) is 46.9 Å². The largest absolute Gasteiger partial charge is 0.383 e. The highest BCUT2D eigenvalue weighted by molar-refractivity contribution is 5.97. The van der Waals surface area contributed by atoms with E-state index in [1.165, 1.54) is 41.5 Å². The van der Waals surface area contributed by atoms with Crippen LogP contribution >= 0.6 is 0 Å². The first kappa shape index (κ1) is 14.0. The average Bonchev–Trinajstić information content (AvgIpc) is 2.92. The van der Waals surface area contributed by atoms with Gasteiger partial charge in [-0.05, 0) is 12.1 Å². The molecule has 2 aromatic rings. The first-order valence-corrected chi connectivity index (χ1v) is 5.47. The molecule has 0 aliphatic heterocycles. The minimum atomic E-state index is -4.75. The van der Waals surface area contributed by atoms with Crippen LogP contribution in [0.1, 0.15) is 0 Å². The molecule has 1 aromatic carbocycles. The molecule has 106 valence electrons. The fourth-order valence-corrected chi connectivity index (χ4v) is 1.51. The number of hydrogen-bond acceptors (Lipinski definition) is 2. The highest BCUT2D eigenvalue weighted by Gasteiger charge is 2.49. The quantitative estimate of drug-likeness (QED) is 0.879. The van der Waals surface area contributed by atoms with Crippen molar-refractivity contribution < 1.29 is 22.4 Å². The first-order valence-electron chi connectivity index (χ1n) is 5.47. The number of para-hydroxylation sites is 2. The lowest BCUT2D eigenvalue weighted by Crippen LogP contribution is -2.41. The summed E-state index contributed by atoms with van der Waals surface area (Å²) >= 11 is 0. The normalized spacial score (nSPS) is 11.7. The van der Waals surface area contributed by atoms with Crippen LogP contribution in [0.25, 0.3) is 5.69 Å². The number of benzene rings is 1. The van der Waals surface area contributed by atoms with E-state index in [9.17, 15) is 22.4 Å². The second-order valence-electron chi connectivity index (χ2n) is 3.86. The highest BCUT2D eigenvalue weighted by atomic mass is 19.3. The molecule has 0 aliphatic carbocycles. The van der Waals surface area contributed by atoms with Gasteiger partial charge in [-0.3, -0.25) is 4.79 Å². The summed E-state index contributed by atoms with van der Waals surface area (Å²) in [4.78, 5) is 15.0. The van der Waals surface area contributed by atoms with Crippen molar-refractivity contribution in [1.29, 1.82) is 0 Å². The number of alkyl halides is 4. The minimum Gasteiger partial charge on any atom is -0.319 e. The predicted molar refractivity (Wildman–Crippen MR) is 63.1 cm³/mol. The maximum Gasteiger partial charge on any atom is 0.383 e. The molecule has 4 nitrogen and oxygen atoms in total. The minimum absolute atomic E-state index is 0.0178. The van der Waals surface area contributed by atoms with E-state index in [1.54, 1.807) is 11.4 Å². The Labute approximate surface area is 111 Å². The van der Waals surface area contributed by atoms with Gasteiger partial charge in [0, 0.05) is 12.4 Å². The SMILES string of the molecule is O=C(Nc1ccccc1-n1ccnc1)C(F)(F)C(F)F. The number of carbonyl (C=O) groups is 1. The number of amides is 1. The molecule has 1 aromatic heterocycles. The van der Waals surface area contributed by atoms with Gasteiger partial charge in [-0.15, -0.1) is 0 Å². The molecule has 0 bridgehead atoms. The Morgan fingerprint density at radius 2 is 2.00 bits per heavy atom. The van der Waals surface area contributed by atoms with Crippen LogP contribution in [0.2, 0.25) is 0 Å². The van der Waals surface area contributed by atoms with Gasteiger partial charge in [-0.25, -0.2) is 13.8 Å². The highest BCUT2D eigenvalue weighted by Crippen LogP contribution is 2.26. The molecule has 0 atom stereocenters. The molecule has 20 heavy (non-hydrogen) atoms. The van der Waals surface area contributed by atoms with Gasteiger partial charge < -0.3 is 9.88 Å². The molecule has 0 saturated carbocycles. The van der Waals surface area contributed by atoms with Gasteiger partial charge in [-0.1, -0.05) is 12.1 Å². The molecular formula is C12H9F4N3O. The van der Waals surface area contributed by atoms with Crippen molar-refractivity contribution in [3.8, 4) is 5.69 Å². The summed E-state index contributed by atoms with van der Waals surface area (Å²) in [7, 11) is 0. The molecular weight excluding hydrogens is 278 g/mol. The van der Waals surface area contributed by atoms with Gasteiger partial charge in [0.25, 0.3) is 0 Å². The number of carbonyl (C=O) groups excluding carboxylic acids is 1. The number of aromatic nitrogens is 2. The van der Waals surface area contributed by atoms with Gasteiger partial charge in [0.2, 0.25) is 0 Å². The number of nitrogens with one attached hydrogen (secondary N) is 1. The summed E-state index contributed by atoms with van der Waals surface area (Å²) in [6.45, 7) is 0. The van der Waals surface area contributed by atoms with E-state index in [0.717, 1.165) is 0 Å². The van der Waals surface area contributed by atoms with Crippen LogP contribution in [-0.2, 0) is 4.79 Å². The van der Waals surface area contributed by atoms with Gasteiger partial charge in [-0.2, -0.15) is 8.78 Å². The monoisotopic (exact) mass is 287 g/mol. The van der Waals surface area contributed by atoms with E-state index in [4.69, 9.17) is 0 Å². The molecule has 8 heteroatoms. The van der Waals surface area contributed by atoms with Crippen LogP contribution in [0.3, 0.4) is 0 Å². The zero-order valence-corrected chi connectivity index (χ0v) is 9.93. The van der Waals surface area contributed by atoms with Crippen LogP contribution in [-0.4, -0.2) is 27.8 Å². The van der Waals surface area contributed by atoms with Crippen LogP contribution in [0, 0.1) is 0 Å². The molecule has 0 saturated heterocycles. The van der Waals surface area contributed by atoms with E-state index < -0.39 is 18.3 Å². The van der Waals surface area contributed by atoms with Gasteiger partial charge in [0.05, 0.1) is 17.7 Å². The van der Waals surface area contributed by atoms with Crippen LogP contribution in [0.5, 0.6) is 0 Å². The molecule has 0 radical (unpaired) electrons. The second kappa shape index (κ2) is 5.32. The third-order valence-electron chi connectivity index (χ3n) is 2.51. The maximum atomic E-state index is 12.9. The van der Waals surface area contributed by atoms with Crippen molar-refractivity contribution in [2.24, 2.45) is 0 Å². The van der Waals surface area contributed by atoms with Gasteiger partial charge in [0.1, 0.15) is 0 Å². The molecule has 1 N–H and O–H groups in total. The van der Waals surface area contributed by atoms with Gasteiger partial charge >= 0.3 is 18.3 Å². The third kappa shape index (κ3) is 2.63. The Kier molecular flexibility index (Phi) is 3.73. The summed E-state index contributed by atoms with van der Waals surface area (Å²) in [6.07, 6.45) is 0.293. The Balaban J connectivity index is 2.29. The van der Waals surface area contributed by atoms with Gasteiger partial charge in [0.15, 0.2) is 0 Å². The van der Waals surface area contributed by atoms with E-state index >= 15 is 0 Å². The number of imidazole rings is 1. The lowest BCUT2D eigenvalue weighted by molar-refractivity contribution is -0.163. The molecule has 0 fully saturated rings. The van der Waals surface area contributed by atoms with Crippen molar-refractivity contribution in [1.82, 2.24) is 9.55 Å². The molecule has 2 rings (SSSR count). The Morgan fingerprint density at radius 1 is 1.30 bits per heavy atom.